The fourth-order valence-corrected chi connectivity index (χ4v) is 6.12. The number of ether oxygens (including phenoxy) is 2. The third kappa shape index (κ3) is 5.63. The maximum atomic E-state index is 13.3. The molecule has 1 aromatic carbocycles. The number of Topliss-reactive ketones (excluding diaryl/α,β-unsaturated/α-hetero) is 1. The van der Waals surface area contributed by atoms with Gasteiger partial charge in [0, 0.05) is 29.2 Å². The molecule has 0 N–H and O–H groups in total. The first kappa shape index (κ1) is 25.6. The van der Waals surface area contributed by atoms with Crippen LogP contribution < -0.4 is 4.74 Å². The number of halogens is 2. The van der Waals surface area contributed by atoms with Gasteiger partial charge in [-0.15, -0.1) is 21.5 Å². The van der Waals surface area contributed by atoms with E-state index in [0.717, 1.165) is 47.2 Å². The summed E-state index contributed by atoms with van der Waals surface area (Å²) in [6.45, 7) is 2.33. The van der Waals surface area contributed by atoms with Crippen molar-refractivity contribution in [2.24, 2.45) is 0 Å². The van der Waals surface area contributed by atoms with Crippen LogP contribution >= 0.6 is 23.1 Å². The van der Waals surface area contributed by atoms with E-state index in [2.05, 4.69) is 19.5 Å². The van der Waals surface area contributed by atoms with Crippen LogP contribution in [0.15, 0.2) is 53.0 Å². The average Bonchev–Trinajstić information content (AvgIpc) is 3.67. The van der Waals surface area contributed by atoms with E-state index in [1.165, 1.54) is 23.9 Å². The topological polar surface area (TPSA) is 71.2 Å². The maximum absolute atomic E-state index is 13.3. The molecule has 0 amide bonds. The number of rotatable bonds is 10. The Kier molecular flexibility index (Phi) is 7.73. The smallest absolute Gasteiger partial charge is 0.387 e. The van der Waals surface area contributed by atoms with Gasteiger partial charge in [-0.05, 0) is 68.5 Å². The SMILES string of the molecule is Cc1cc(C(=O)CSc2nnc(-c3cccs3)n2CC2CCCO2)c(C)n1-c1ccc(OC(F)F)cc1. The maximum Gasteiger partial charge on any atom is 0.387 e. The Morgan fingerprint density at radius 2 is 2.05 bits per heavy atom. The molecular weight excluding hydrogens is 518 g/mol. The van der Waals surface area contributed by atoms with Gasteiger partial charge < -0.3 is 14.0 Å². The van der Waals surface area contributed by atoms with Crippen LogP contribution in [-0.2, 0) is 11.3 Å². The molecule has 3 aromatic heterocycles. The van der Waals surface area contributed by atoms with Crippen molar-refractivity contribution in [1.82, 2.24) is 19.3 Å². The van der Waals surface area contributed by atoms with Crippen LogP contribution in [0.25, 0.3) is 16.4 Å². The highest BCUT2D eigenvalue weighted by atomic mass is 32.2. The highest BCUT2D eigenvalue weighted by Crippen LogP contribution is 2.30. The van der Waals surface area contributed by atoms with Crippen LogP contribution in [0.2, 0.25) is 0 Å². The van der Waals surface area contributed by atoms with Gasteiger partial charge in [-0.3, -0.25) is 9.36 Å². The molecule has 0 bridgehead atoms. The van der Waals surface area contributed by atoms with E-state index < -0.39 is 6.61 Å². The first-order valence-electron chi connectivity index (χ1n) is 11.9. The predicted molar refractivity (Wildman–Crippen MR) is 139 cm³/mol. The Morgan fingerprint density at radius 1 is 1.24 bits per heavy atom. The molecule has 1 unspecified atom stereocenters. The number of aryl methyl sites for hydroxylation is 1. The lowest BCUT2D eigenvalue weighted by Crippen LogP contribution is -2.17. The van der Waals surface area contributed by atoms with Crippen molar-refractivity contribution in [2.75, 3.05) is 12.4 Å². The van der Waals surface area contributed by atoms with Crippen molar-refractivity contribution in [1.29, 1.82) is 0 Å². The Morgan fingerprint density at radius 3 is 2.73 bits per heavy atom. The van der Waals surface area contributed by atoms with E-state index in [9.17, 15) is 13.6 Å². The summed E-state index contributed by atoms with van der Waals surface area (Å²) in [4.78, 5) is 14.3. The lowest BCUT2D eigenvalue weighted by atomic mass is 10.2. The summed E-state index contributed by atoms with van der Waals surface area (Å²) < 4.78 is 39.2. The molecule has 1 aliphatic rings. The van der Waals surface area contributed by atoms with Gasteiger partial charge in [-0.1, -0.05) is 17.8 Å². The monoisotopic (exact) mass is 544 g/mol. The van der Waals surface area contributed by atoms with Gasteiger partial charge >= 0.3 is 6.61 Å². The van der Waals surface area contributed by atoms with Crippen LogP contribution in [0, 0.1) is 13.8 Å². The van der Waals surface area contributed by atoms with Gasteiger partial charge in [0.1, 0.15) is 5.75 Å². The number of thioether (sulfide) groups is 1. The number of thiophene rings is 1. The molecule has 1 aliphatic heterocycles. The second-order valence-corrected chi connectivity index (χ2v) is 10.6. The molecule has 7 nitrogen and oxygen atoms in total. The van der Waals surface area contributed by atoms with Crippen LogP contribution in [0.1, 0.15) is 34.6 Å². The minimum Gasteiger partial charge on any atom is -0.435 e. The highest BCUT2D eigenvalue weighted by molar-refractivity contribution is 7.99. The van der Waals surface area contributed by atoms with Gasteiger partial charge in [0.05, 0.1) is 23.3 Å². The van der Waals surface area contributed by atoms with Crippen molar-refractivity contribution in [3.8, 4) is 22.1 Å². The quantitative estimate of drug-likeness (QED) is 0.176. The molecule has 1 atom stereocenters. The molecule has 11 heteroatoms. The number of hydrogen-bond donors (Lipinski definition) is 0. The van der Waals surface area contributed by atoms with Crippen molar-refractivity contribution in [3.05, 3.63) is 64.8 Å². The fourth-order valence-electron chi connectivity index (χ4n) is 4.57. The number of carbonyl (C=O) groups is 1. The predicted octanol–water partition coefficient (Wildman–Crippen LogP) is 6.17. The molecule has 1 fully saturated rings. The van der Waals surface area contributed by atoms with Gasteiger partial charge in [-0.25, -0.2) is 0 Å². The Hall–Kier alpha value is -3.02. The molecule has 5 rings (SSSR count). The minimum absolute atomic E-state index is 0.0219. The molecule has 0 radical (unpaired) electrons. The number of carbonyl (C=O) groups excluding carboxylic acids is 1. The molecule has 0 saturated carbocycles. The van der Waals surface area contributed by atoms with Crippen molar-refractivity contribution in [2.45, 2.75) is 51.1 Å². The van der Waals surface area contributed by atoms with E-state index >= 15 is 0 Å². The van der Waals surface area contributed by atoms with Gasteiger partial charge in [0.25, 0.3) is 0 Å². The van der Waals surface area contributed by atoms with E-state index in [1.54, 1.807) is 23.5 Å². The summed E-state index contributed by atoms with van der Waals surface area (Å²) in [5.74, 6) is 1.06. The standard InChI is InChI=1S/C26H26F2N4O3S2/c1-16-13-21(17(2)32(16)18-7-9-19(10-8-18)35-25(27)28)22(33)15-37-26-30-29-24(23-6-4-12-36-23)31(26)14-20-5-3-11-34-20/h4,6-10,12-13,20,25H,3,5,11,14-15H2,1-2H3. The lowest BCUT2D eigenvalue weighted by Gasteiger charge is -2.14. The molecule has 0 aliphatic carbocycles. The lowest BCUT2D eigenvalue weighted by molar-refractivity contribution is -0.0498. The number of nitrogens with zero attached hydrogens (tertiary/aromatic N) is 4. The number of alkyl halides is 2. The second-order valence-electron chi connectivity index (χ2n) is 8.73. The van der Waals surface area contributed by atoms with Crippen molar-refractivity contribution >= 4 is 28.9 Å². The number of aromatic nitrogens is 4. The van der Waals surface area contributed by atoms with Crippen molar-refractivity contribution < 1.29 is 23.0 Å². The van der Waals surface area contributed by atoms with E-state index in [0.29, 0.717) is 17.3 Å². The third-order valence-electron chi connectivity index (χ3n) is 6.25. The van der Waals surface area contributed by atoms with Gasteiger partial charge in [-0.2, -0.15) is 8.78 Å². The van der Waals surface area contributed by atoms with Crippen molar-refractivity contribution in [3.63, 3.8) is 0 Å². The first-order valence-corrected chi connectivity index (χ1v) is 13.8. The molecule has 1 saturated heterocycles. The fraction of sp³-hybridized carbons (Fsp3) is 0.346. The van der Waals surface area contributed by atoms with Crippen LogP contribution in [0.5, 0.6) is 5.75 Å². The Bertz CT molecular complexity index is 1360. The van der Waals surface area contributed by atoms with Crippen LogP contribution in [-0.4, -0.2) is 50.2 Å². The van der Waals surface area contributed by atoms with Crippen LogP contribution in [0.3, 0.4) is 0 Å². The average molecular weight is 545 g/mol. The molecule has 194 valence electrons. The summed E-state index contributed by atoms with van der Waals surface area (Å²) in [6.07, 6.45) is 2.15. The Labute approximate surface area is 221 Å². The minimum atomic E-state index is -2.87. The third-order valence-corrected chi connectivity index (χ3v) is 8.09. The highest BCUT2D eigenvalue weighted by Gasteiger charge is 2.24. The molecule has 37 heavy (non-hydrogen) atoms. The van der Waals surface area contributed by atoms with Gasteiger partial charge in [0.2, 0.25) is 0 Å². The van der Waals surface area contributed by atoms with Gasteiger partial charge in [0.15, 0.2) is 16.8 Å². The number of hydrogen-bond acceptors (Lipinski definition) is 7. The van der Waals surface area contributed by atoms with E-state index in [4.69, 9.17) is 4.74 Å². The molecule has 0 spiro atoms. The van der Waals surface area contributed by atoms with E-state index in [1.807, 2.05) is 42.0 Å². The second kappa shape index (κ2) is 11.2. The number of benzene rings is 1. The van der Waals surface area contributed by atoms with Crippen LogP contribution in [0.4, 0.5) is 8.78 Å². The largest absolute Gasteiger partial charge is 0.435 e. The zero-order valence-corrected chi connectivity index (χ0v) is 22.0. The normalized spacial score (nSPS) is 15.5. The Balaban J connectivity index is 1.33. The molecule has 4 aromatic rings. The summed E-state index contributed by atoms with van der Waals surface area (Å²) in [6, 6.07) is 12.2. The first-order chi connectivity index (χ1) is 17.9. The molecule has 4 heterocycles. The summed E-state index contributed by atoms with van der Waals surface area (Å²) in [7, 11) is 0. The summed E-state index contributed by atoms with van der Waals surface area (Å²) in [5.41, 5.74) is 3.03. The van der Waals surface area contributed by atoms with E-state index in [-0.39, 0.29) is 23.4 Å². The summed E-state index contributed by atoms with van der Waals surface area (Å²) in [5, 5.41) is 11.5. The zero-order chi connectivity index (χ0) is 25.9. The molecular formula is C26H26F2N4O3S2. The zero-order valence-electron chi connectivity index (χ0n) is 20.4. The number of ketones is 1. The summed E-state index contributed by atoms with van der Waals surface area (Å²) >= 11 is 2.97.